The summed E-state index contributed by atoms with van der Waals surface area (Å²) in [6, 6.07) is 1.83. The zero-order valence-corrected chi connectivity index (χ0v) is 8.32. The molecule has 0 atom stereocenters. The average molecular weight is 177 g/mol. The summed E-state index contributed by atoms with van der Waals surface area (Å²) in [6.45, 7) is 4.10. The first-order valence-corrected chi connectivity index (χ1v) is 4.44. The van der Waals surface area contributed by atoms with E-state index in [0.29, 0.717) is 5.92 Å². The van der Waals surface area contributed by atoms with Gasteiger partial charge in [0, 0.05) is 25.0 Å². The van der Waals surface area contributed by atoms with Crippen molar-refractivity contribution in [2.24, 2.45) is 13.0 Å². The van der Waals surface area contributed by atoms with Gasteiger partial charge in [-0.1, -0.05) is 19.9 Å². The number of hydrogen-bond donors (Lipinski definition) is 0. The molecule has 1 heterocycles. The third-order valence-electron chi connectivity index (χ3n) is 1.75. The Hall–Kier alpha value is -1.31. The molecule has 0 bridgehead atoms. The quantitative estimate of drug-likeness (QED) is 0.513. The fourth-order valence-corrected chi connectivity index (χ4v) is 1.03. The fraction of sp³-hybridized carbons (Fsp3) is 0.364. The number of aryl methyl sites for hydroxylation is 1. The van der Waals surface area contributed by atoms with Crippen molar-refractivity contribution in [2.45, 2.75) is 13.8 Å². The molecule has 0 aromatic carbocycles. The molecule has 2 nitrogen and oxygen atoms in total. The third kappa shape index (κ3) is 2.90. The summed E-state index contributed by atoms with van der Waals surface area (Å²) < 4.78 is 1.87. The molecule has 0 unspecified atom stereocenters. The van der Waals surface area contributed by atoms with E-state index in [0.717, 1.165) is 5.56 Å². The van der Waals surface area contributed by atoms with E-state index in [9.17, 15) is 4.79 Å². The van der Waals surface area contributed by atoms with Gasteiger partial charge in [0.05, 0.1) is 0 Å². The van der Waals surface area contributed by atoms with Crippen LogP contribution in [0.4, 0.5) is 0 Å². The molecular weight excluding hydrogens is 162 g/mol. The Balaban J connectivity index is 2.69. The van der Waals surface area contributed by atoms with Gasteiger partial charge in [-0.15, -0.1) is 0 Å². The second-order valence-electron chi connectivity index (χ2n) is 3.53. The zero-order chi connectivity index (χ0) is 9.84. The average Bonchev–Trinajstić information content (AvgIpc) is 2.47. The summed E-state index contributed by atoms with van der Waals surface area (Å²) in [4.78, 5) is 11.5. The Morgan fingerprint density at radius 2 is 2.23 bits per heavy atom. The topological polar surface area (TPSA) is 22.0 Å². The minimum Gasteiger partial charge on any atom is -0.357 e. The first-order valence-electron chi connectivity index (χ1n) is 4.44. The van der Waals surface area contributed by atoms with E-state index in [1.165, 1.54) is 0 Å². The Bertz CT molecular complexity index is 321. The van der Waals surface area contributed by atoms with Crippen LogP contribution in [0.5, 0.6) is 0 Å². The molecule has 0 saturated heterocycles. The molecule has 0 spiro atoms. The Morgan fingerprint density at radius 1 is 1.54 bits per heavy atom. The van der Waals surface area contributed by atoms with Gasteiger partial charge in [-0.3, -0.25) is 4.79 Å². The van der Waals surface area contributed by atoms with E-state index in [4.69, 9.17) is 0 Å². The van der Waals surface area contributed by atoms with Crippen LogP contribution < -0.4 is 0 Å². The maximum absolute atomic E-state index is 11.5. The predicted octanol–water partition coefficient (Wildman–Crippen LogP) is 2.42. The van der Waals surface area contributed by atoms with Gasteiger partial charge in [0.1, 0.15) is 0 Å². The van der Waals surface area contributed by atoms with Crippen molar-refractivity contribution in [1.29, 1.82) is 0 Å². The van der Waals surface area contributed by atoms with Crippen LogP contribution >= 0.6 is 0 Å². The van der Waals surface area contributed by atoms with Gasteiger partial charge >= 0.3 is 0 Å². The minimum atomic E-state index is 0.0781. The molecule has 0 radical (unpaired) electrons. The van der Waals surface area contributed by atoms with Gasteiger partial charge in [0.15, 0.2) is 5.78 Å². The van der Waals surface area contributed by atoms with Gasteiger partial charge in [-0.25, -0.2) is 0 Å². The lowest BCUT2D eigenvalue weighted by atomic mass is 10.1. The lowest BCUT2D eigenvalue weighted by Gasteiger charge is -1.92. The number of rotatable bonds is 3. The Labute approximate surface area is 78.9 Å². The van der Waals surface area contributed by atoms with Crippen molar-refractivity contribution in [3.8, 4) is 0 Å². The summed E-state index contributed by atoms with van der Waals surface area (Å²) in [5.74, 6) is 0.502. The molecule has 1 aromatic rings. The van der Waals surface area contributed by atoms with Crippen LogP contribution in [0.25, 0.3) is 0 Å². The monoisotopic (exact) mass is 177 g/mol. The molecule has 1 rings (SSSR count). The number of nitrogens with zero attached hydrogens (tertiary/aromatic N) is 1. The van der Waals surface area contributed by atoms with Gasteiger partial charge in [-0.05, 0) is 18.1 Å². The summed E-state index contributed by atoms with van der Waals surface area (Å²) in [6.07, 6.45) is 7.25. The standard InChI is InChI=1S/C11H15NO/c1-9(2)4-5-11(13)10-6-7-12(3)8-10/h4-9H,1-3H3/b5-4+. The number of allylic oxidation sites excluding steroid dienone is 2. The van der Waals surface area contributed by atoms with Crippen LogP contribution in [0.1, 0.15) is 24.2 Å². The fourth-order valence-electron chi connectivity index (χ4n) is 1.03. The van der Waals surface area contributed by atoms with Crippen LogP contribution in [0.15, 0.2) is 30.6 Å². The number of carbonyl (C=O) groups excluding carboxylic acids is 1. The van der Waals surface area contributed by atoms with Crippen molar-refractivity contribution in [2.75, 3.05) is 0 Å². The molecule has 2 heteroatoms. The minimum absolute atomic E-state index is 0.0781. The highest BCUT2D eigenvalue weighted by atomic mass is 16.1. The molecule has 1 aromatic heterocycles. The largest absolute Gasteiger partial charge is 0.357 e. The smallest absolute Gasteiger partial charge is 0.187 e. The van der Waals surface area contributed by atoms with E-state index < -0.39 is 0 Å². The van der Waals surface area contributed by atoms with E-state index in [1.54, 1.807) is 6.08 Å². The van der Waals surface area contributed by atoms with E-state index in [1.807, 2.05) is 36.2 Å². The van der Waals surface area contributed by atoms with Gasteiger partial charge in [0.25, 0.3) is 0 Å². The van der Waals surface area contributed by atoms with E-state index >= 15 is 0 Å². The number of aromatic nitrogens is 1. The maximum Gasteiger partial charge on any atom is 0.187 e. The molecule has 0 fully saturated rings. The third-order valence-corrected chi connectivity index (χ3v) is 1.75. The first kappa shape index (κ1) is 9.78. The molecule has 13 heavy (non-hydrogen) atoms. The predicted molar refractivity (Wildman–Crippen MR) is 53.7 cm³/mol. The molecule has 0 aliphatic carbocycles. The second kappa shape index (κ2) is 4.08. The van der Waals surface area contributed by atoms with Gasteiger partial charge in [0.2, 0.25) is 0 Å². The number of carbonyl (C=O) groups is 1. The lowest BCUT2D eigenvalue weighted by Crippen LogP contribution is -1.93. The molecule has 70 valence electrons. The van der Waals surface area contributed by atoms with E-state index in [-0.39, 0.29) is 5.78 Å². The van der Waals surface area contributed by atoms with Crippen molar-refractivity contribution in [3.05, 3.63) is 36.2 Å². The van der Waals surface area contributed by atoms with Crippen LogP contribution in [0.3, 0.4) is 0 Å². The lowest BCUT2D eigenvalue weighted by molar-refractivity contribution is 0.104. The normalized spacial score (nSPS) is 11.4. The van der Waals surface area contributed by atoms with Crippen LogP contribution in [0, 0.1) is 5.92 Å². The zero-order valence-electron chi connectivity index (χ0n) is 8.32. The Morgan fingerprint density at radius 3 is 2.69 bits per heavy atom. The Kier molecular flexibility index (Phi) is 3.07. The van der Waals surface area contributed by atoms with Crippen molar-refractivity contribution in [3.63, 3.8) is 0 Å². The molecule has 0 aliphatic rings. The summed E-state index contributed by atoms with van der Waals surface area (Å²) in [5, 5.41) is 0. The van der Waals surface area contributed by atoms with Gasteiger partial charge in [-0.2, -0.15) is 0 Å². The van der Waals surface area contributed by atoms with Crippen molar-refractivity contribution in [1.82, 2.24) is 4.57 Å². The summed E-state index contributed by atoms with van der Waals surface area (Å²) in [5.41, 5.74) is 0.749. The van der Waals surface area contributed by atoms with Gasteiger partial charge < -0.3 is 4.57 Å². The summed E-state index contributed by atoms with van der Waals surface area (Å²) in [7, 11) is 1.91. The second-order valence-corrected chi connectivity index (χ2v) is 3.53. The number of ketones is 1. The van der Waals surface area contributed by atoms with Crippen molar-refractivity contribution < 1.29 is 4.79 Å². The van der Waals surface area contributed by atoms with Crippen molar-refractivity contribution >= 4 is 5.78 Å². The van der Waals surface area contributed by atoms with E-state index in [2.05, 4.69) is 13.8 Å². The molecular formula is C11H15NO. The van der Waals surface area contributed by atoms with Crippen LogP contribution in [0.2, 0.25) is 0 Å². The SMILES string of the molecule is CC(C)/C=C/C(=O)c1ccn(C)c1. The molecule has 0 aliphatic heterocycles. The highest BCUT2D eigenvalue weighted by Crippen LogP contribution is 2.03. The summed E-state index contributed by atoms with van der Waals surface area (Å²) >= 11 is 0. The van der Waals surface area contributed by atoms with Crippen LogP contribution in [-0.4, -0.2) is 10.4 Å². The number of hydrogen-bond acceptors (Lipinski definition) is 1. The highest BCUT2D eigenvalue weighted by molar-refractivity contribution is 6.04. The highest BCUT2D eigenvalue weighted by Gasteiger charge is 2.01. The molecule has 0 N–H and O–H groups in total. The van der Waals surface area contributed by atoms with Crippen LogP contribution in [-0.2, 0) is 7.05 Å². The first-order chi connectivity index (χ1) is 6.09. The molecule has 0 amide bonds. The molecule has 0 saturated carbocycles. The maximum atomic E-state index is 11.5.